The molecule has 1 unspecified atom stereocenters. The van der Waals surface area contributed by atoms with Gasteiger partial charge in [-0.15, -0.1) is 0 Å². The molecule has 0 saturated carbocycles. The maximum Gasteiger partial charge on any atom is 0.187 e. The lowest BCUT2D eigenvalue weighted by atomic mass is 9.70. The molecule has 1 heterocycles. The Labute approximate surface area is 232 Å². The van der Waals surface area contributed by atoms with Crippen molar-refractivity contribution < 1.29 is 0 Å². The zero-order valence-electron chi connectivity index (χ0n) is 21.6. The molecule has 0 fully saturated rings. The summed E-state index contributed by atoms with van der Waals surface area (Å²) in [6, 6.07) is 48.2. The molecule has 7 aromatic rings. The molecule has 2 nitrogen and oxygen atoms in total. The lowest BCUT2D eigenvalue weighted by Gasteiger charge is -2.30. The molecule has 2 aliphatic rings. The standard InChI is InChI=1S/C38H22N2/c1-39-24-19-20-34-29(21-24)26-13-5-8-16-32(26)38(34)33-17-9-6-14-27(33)30-22-31-28-15-7-10-18-36(28)40(37(31)23-35(30)38)25-11-3-2-4-12-25/h2-23H. The van der Waals surface area contributed by atoms with Crippen molar-refractivity contribution in [3.8, 4) is 27.9 Å². The molecule has 2 heteroatoms. The van der Waals surface area contributed by atoms with Crippen LogP contribution in [0.2, 0.25) is 0 Å². The first-order valence-electron chi connectivity index (χ1n) is 13.7. The van der Waals surface area contributed by atoms with Gasteiger partial charge in [-0.2, -0.15) is 0 Å². The SMILES string of the molecule is [C-]#[N+]c1ccc2c(c1)-c1ccccc1C21c2ccccc2-c2cc3c4ccccc4n(-c4ccccc4)c3cc21. The summed E-state index contributed by atoms with van der Waals surface area (Å²) in [5.41, 5.74) is 13.9. The average Bonchev–Trinajstić information content (AvgIpc) is 3.61. The Balaban J connectivity index is 1.49. The Morgan fingerprint density at radius 2 is 1.10 bits per heavy atom. The summed E-state index contributed by atoms with van der Waals surface area (Å²) in [7, 11) is 0. The van der Waals surface area contributed by atoms with E-state index in [2.05, 4.69) is 137 Å². The second-order valence-electron chi connectivity index (χ2n) is 10.8. The van der Waals surface area contributed by atoms with Crippen molar-refractivity contribution >= 4 is 27.5 Å². The van der Waals surface area contributed by atoms with Crippen LogP contribution in [-0.4, -0.2) is 4.57 Å². The van der Waals surface area contributed by atoms with E-state index >= 15 is 0 Å². The van der Waals surface area contributed by atoms with Gasteiger partial charge in [0.05, 0.1) is 23.0 Å². The van der Waals surface area contributed by atoms with Crippen LogP contribution in [0.1, 0.15) is 22.3 Å². The van der Waals surface area contributed by atoms with Gasteiger partial charge >= 0.3 is 0 Å². The summed E-state index contributed by atoms with van der Waals surface area (Å²) in [5, 5.41) is 2.52. The highest BCUT2D eigenvalue weighted by Crippen LogP contribution is 2.63. The Kier molecular flexibility index (Phi) is 4.09. The fraction of sp³-hybridized carbons (Fsp3) is 0.0263. The number of fused-ring (bicyclic) bond motifs is 13. The zero-order chi connectivity index (χ0) is 26.4. The first-order chi connectivity index (χ1) is 19.8. The van der Waals surface area contributed by atoms with Crippen molar-refractivity contribution in [2.45, 2.75) is 5.41 Å². The van der Waals surface area contributed by atoms with Crippen LogP contribution in [0.4, 0.5) is 5.69 Å². The number of nitrogens with zero attached hydrogens (tertiary/aromatic N) is 2. The Hall–Kier alpha value is -5.39. The molecule has 6 aromatic carbocycles. The predicted octanol–water partition coefficient (Wildman–Crippen LogP) is 9.68. The van der Waals surface area contributed by atoms with Crippen molar-refractivity contribution in [3.05, 3.63) is 167 Å². The monoisotopic (exact) mass is 506 g/mol. The van der Waals surface area contributed by atoms with E-state index in [1.54, 1.807) is 0 Å². The maximum atomic E-state index is 7.70. The summed E-state index contributed by atoms with van der Waals surface area (Å²) in [4.78, 5) is 3.78. The highest BCUT2D eigenvalue weighted by Gasteiger charge is 2.51. The lowest BCUT2D eigenvalue weighted by molar-refractivity contribution is 0.794. The number of benzene rings is 6. The van der Waals surface area contributed by atoms with Crippen LogP contribution >= 0.6 is 0 Å². The van der Waals surface area contributed by atoms with Crippen LogP contribution in [0.25, 0.3) is 54.6 Å². The third-order valence-corrected chi connectivity index (χ3v) is 9.01. The van der Waals surface area contributed by atoms with Crippen LogP contribution < -0.4 is 0 Å². The molecule has 0 bridgehead atoms. The van der Waals surface area contributed by atoms with Crippen LogP contribution in [0.5, 0.6) is 0 Å². The molecule has 184 valence electrons. The fourth-order valence-corrected chi connectivity index (χ4v) is 7.52. The van der Waals surface area contributed by atoms with Gasteiger partial charge in [-0.05, 0) is 80.9 Å². The molecule has 0 N–H and O–H groups in total. The highest BCUT2D eigenvalue weighted by molar-refractivity contribution is 6.12. The van der Waals surface area contributed by atoms with E-state index in [-0.39, 0.29) is 0 Å². The van der Waals surface area contributed by atoms with Crippen LogP contribution in [0.3, 0.4) is 0 Å². The third-order valence-electron chi connectivity index (χ3n) is 9.01. The summed E-state index contributed by atoms with van der Waals surface area (Å²) >= 11 is 0. The fourth-order valence-electron chi connectivity index (χ4n) is 7.52. The molecule has 40 heavy (non-hydrogen) atoms. The predicted molar refractivity (Wildman–Crippen MR) is 163 cm³/mol. The first-order valence-corrected chi connectivity index (χ1v) is 13.7. The number of aromatic nitrogens is 1. The summed E-state index contributed by atoms with van der Waals surface area (Å²) in [5.74, 6) is 0. The van der Waals surface area contributed by atoms with Crippen LogP contribution in [0.15, 0.2) is 133 Å². The van der Waals surface area contributed by atoms with Gasteiger partial charge in [-0.3, -0.25) is 0 Å². The molecule has 0 aliphatic heterocycles. The second-order valence-corrected chi connectivity index (χ2v) is 10.8. The minimum Gasteiger partial charge on any atom is -0.309 e. The van der Waals surface area contributed by atoms with Gasteiger partial charge in [0.15, 0.2) is 5.69 Å². The van der Waals surface area contributed by atoms with Gasteiger partial charge in [0.2, 0.25) is 0 Å². The normalized spacial score (nSPS) is 16.1. The van der Waals surface area contributed by atoms with E-state index in [1.165, 1.54) is 60.8 Å². The summed E-state index contributed by atoms with van der Waals surface area (Å²) in [6.45, 7) is 7.70. The highest BCUT2D eigenvalue weighted by atomic mass is 15.0. The molecule has 1 spiro atoms. The van der Waals surface area contributed by atoms with Gasteiger partial charge in [0.25, 0.3) is 0 Å². The summed E-state index contributed by atoms with van der Waals surface area (Å²) < 4.78 is 2.41. The van der Waals surface area contributed by atoms with Crippen molar-refractivity contribution in [1.82, 2.24) is 4.57 Å². The topological polar surface area (TPSA) is 9.29 Å². The molecule has 0 saturated heterocycles. The van der Waals surface area contributed by atoms with E-state index in [0.717, 1.165) is 11.3 Å². The largest absolute Gasteiger partial charge is 0.309 e. The van der Waals surface area contributed by atoms with Gasteiger partial charge in [-0.25, -0.2) is 4.85 Å². The van der Waals surface area contributed by atoms with E-state index in [0.29, 0.717) is 5.69 Å². The van der Waals surface area contributed by atoms with E-state index in [9.17, 15) is 0 Å². The van der Waals surface area contributed by atoms with E-state index < -0.39 is 5.41 Å². The smallest absolute Gasteiger partial charge is 0.187 e. The number of rotatable bonds is 1. The van der Waals surface area contributed by atoms with Crippen molar-refractivity contribution in [1.29, 1.82) is 0 Å². The molecular weight excluding hydrogens is 484 g/mol. The minimum atomic E-state index is -0.440. The molecule has 9 rings (SSSR count). The molecule has 0 amide bonds. The third kappa shape index (κ3) is 2.48. The first kappa shape index (κ1) is 21.5. The maximum absolute atomic E-state index is 7.70. The molecule has 1 atom stereocenters. The number of hydrogen-bond acceptors (Lipinski definition) is 0. The molecular formula is C38H22N2. The number of hydrogen-bond donors (Lipinski definition) is 0. The summed E-state index contributed by atoms with van der Waals surface area (Å²) in [6.07, 6.45) is 0. The molecule has 0 radical (unpaired) electrons. The number of para-hydroxylation sites is 2. The van der Waals surface area contributed by atoms with Crippen LogP contribution in [-0.2, 0) is 5.41 Å². The minimum absolute atomic E-state index is 0.440. The van der Waals surface area contributed by atoms with Crippen LogP contribution in [0, 0.1) is 6.57 Å². The molecule has 1 aromatic heterocycles. The van der Waals surface area contributed by atoms with E-state index in [1.807, 2.05) is 6.07 Å². The Morgan fingerprint density at radius 1 is 0.475 bits per heavy atom. The quantitative estimate of drug-likeness (QED) is 0.196. The van der Waals surface area contributed by atoms with Crippen molar-refractivity contribution in [2.24, 2.45) is 0 Å². The van der Waals surface area contributed by atoms with Crippen molar-refractivity contribution in [2.75, 3.05) is 0 Å². The molecule has 2 aliphatic carbocycles. The Bertz CT molecular complexity index is 2230. The van der Waals surface area contributed by atoms with Gasteiger partial charge in [0.1, 0.15) is 0 Å². The van der Waals surface area contributed by atoms with Crippen molar-refractivity contribution in [3.63, 3.8) is 0 Å². The van der Waals surface area contributed by atoms with Gasteiger partial charge in [-0.1, -0.05) is 97.1 Å². The van der Waals surface area contributed by atoms with E-state index in [4.69, 9.17) is 6.57 Å². The van der Waals surface area contributed by atoms with Gasteiger partial charge < -0.3 is 4.57 Å². The lowest BCUT2D eigenvalue weighted by Crippen LogP contribution is -2.25. The second kappa shape index (κ2) is 7.59. The zero-order valence-corrected chi connectivity index (χ0v) is 21.6. The Morgan fingerprint density at radius 3 is 1.85 bits per heavy atom. The average molecular weight is 507 g/mol. The van der Waals surface area contributed by atoms with Gasteiger partial charge in [0, 0.05) is 16.5 Å².